The average Bonchev–Trinajstić information content (AvgIpc) is 2.31. The molecule has 0 aliphatic heterocycles. The van der Waals surface area contributed by atoms with E-state index in [1.54, 1.807) is 27.7 Å². The van der Waals surface area contributed by atoms with Gasteiger partial charge < -0.3 is 40.6 Å². The van der Waals surface area contributed by atoms with Crippen LogP contribution >= 0.6 is 11.6 Å². The Bertz CT molecular complexity index is 2490. The molecule has 456 valence electrons. The zero-order chi connectivity index (χ0) is 58.6. The van der Waals surface area contributed by atoms with Gasteiger partial charge in [0, 0.05) is 91.3 Å². The standard InChI is InChI=1S/C68H104ClN5O8/c1-39(51-18-20-53-63-55(37-61(67(51,53)9)81-43(5)77)65(7)25-22-48(70)32-45(65)34-59(63)79-41(3)75)14-11-29-74(31-13-27-72-57-24-28-73-58-36-47(69)16-17-50(57)58)30-12-15-40(2)52-19-21-54-64-56(38-62(68(52,54)10)82-44(6)78)66(8)26-23-49(71)33-46(66)35-60(64)80-42(4)76/h16-17,24,28,36,39-40,45-46,48-49,51-56,59-64H,11-15,18-23,25-27,29-35,37-38,70-71H2,1-10H3,(H,72,73)/t39-,40-,45+,46+,48-,49-,51-,52-,53+,54+,55+,56+,59-,60-,61+,62+,63+,64+,65+,66+,67-,68-/m1/s1. The van der Waals surface area contributed by atoms with Crippen LogP contribution in [0.3, 0.4) is 0 Å². The number of esters is 4. The smallest absolute Gasteiger partial charge is 0.302 e. The van der Waals surface area contributed by atoms with E-state index in [1.807, 2.05) is 24.4 Å². The van der Waals surface area contributed by atoms with E-state index < -0.39 is 0 Å². The fourth-order valence-electron chi connectivity index (χ4n) is 21.5. The number of carbonyl (C=O) groups excluding carboxylic acids is 4. The fourth-order valence-corrected chi connectivity index (χ4v) is 21.7. The number of anilines is 1. The molecular weight excluding hydrogens is 1050 g/mol. The highest BCUT2D eigenvalue weighted by molar-refractivity contribution is 6.31. The van der Waals surface area contributed by atoms with Crippen molar-refractivity contribution in [1.82, 2.24) is 9.88 Å². The van der Waals surface area contributed by atoms with Crippen molar-refractivity contribution in [3.63, 3.8) is 0 Å². The van der Waals surface area contributed by atoms with E-state index in [0.29, 0.717) is 64.2 Å². The Morgan fingerprint density at radius 1 is 0.622 bits per heavy atom. The van der Waals surface area contributed by atoms with Gasteiger partial charge in [-0.05, 0) is 236 Å². The monoisotopic (exact) mass is 1150 g/mol. The minimum absolute atomic E-state index is 0.0688. The number of ether oxygens (including phenoxy) is 4. The number of nitrogens with one attached hydrogen (secondary N) is 1. The summed E-state index contributed by atoms with van der Waals surface area (Å²) in [6.07, 6.45) is 20.2. The molecule has 8 fully saturated rings. The van der Waals surface area contributed by atoms with E-state index in [0.717, 1.165) is 165 Å². The number of pyridine rings is 1. The predicted molar refractivity (Wildman–Crippen MR) is 323 cm³/mol. The summed E-state index contributed by atoms with van der Waals surface area (Å²) in [5, 5.41) is 5.48. The normalized spacial score (nSPS) is 40.9. The third-order valence-electron chi connectivity index (χ3n) is 25.3. The first-order valence-corrected chi connectivity index (χ1v) is 33.0. The average molecular weight is 1160 g/mol. The Hall–Kier alpha value is -3.52. The summed E-state index contributed by atoms with van der Waals surface area (Å²) in [5.74, 6) is 3.22. The largest absolute Gasteiger partial charge is 0.462 e. The maximum atomic E-state index is 13.1. The van der Waals surface area contributed by atoms with Gasteiger partial charge in [0.05, 0.1) is 5.52 Å². The molecule has 8 aliphatic carbocycles. The van der Waals surface area contributed by atoms with E-state index in [9.17, 15) is 19.2 Å². The van der Waals surface area contributed by atoms with Crippen molar-refractivity contribution in [2.24, 2.45) is 104 Å². The van der Waals surface area contributed by atoms with Crippen molar-refractivity contribution in [2.75, 3.05) is 31.5 Å². The maximum absolute atomic E-state index is 13.1. The molecule has 0 saturated heterocycles. The summed E-state index contributed by atoms with van der Waals surface area (Å²) in [6.45, 7) is 24.9. The van der Waals surface area contributed by atoms with Gasteiger partial charge in [-0.15, -0.1) is 0 Å². The van der Waals surface area contributed by atoms with Crippen LogP contribution in [0.1, 0.15) is 191 Å². The minimum Gasteiger partial charge on any atom is -0.462 e. The van der Waals surface area contributed by atoms with Crippen LogP contribution in [0.5, 0.6) is 0 Å². The third-order valence-corrected chi connectivity index (χ3v) is 25.5. The molecule has 0 radical (unpaired) electrons. The van der Waals surface area contributed by atoms with Gasteiger partial charge in [0.15, 0.2) is 0 Å². The SMILES string of the molecule is CC(=O)O[C@H]1C[C@H]2[C@@H]([C@H](OC(C)=O)C[C@@H]3C[C@H](N)CC[C@@]32C)[C@@H]2CC[C@H]([C@H](C)CCCN(CCCNc3ccnc4cc(Cl)ccc34)CCC[C@@H](C)[C@H]3CC[C@H]4[C@@H]5[C@H](OC(C)=O)C[C@@H]6C[C@H](N)CC[C@]6(C)[C@H]5C[C@H](OC(C)=O)[C@]34C)[C@@]12C. The Labute approximate surface area is 496 Å². The molecule has 0 bridgehead atoms. The van der Waals surface area contributed by atoms with Crippen LogP contribution < -0.4 is 16.8 Å². The number of carbonyl (C=O) groups is 4. The van der Waals surface area contributed by atoms with Gasteiger partial charge in [-0.25, -0.2) is 0 Å². The molecule has 14 heteroatoms. The third kappa shape index (κ3) is 11.8. The van der Waals surface area contributed by atoms with Crippen LogP contribution in [-0.4, -0.2) is 96.4 Å². The number of benzene rings is 1. The molecule has 2 aromatic rings. The molecule has 0 spiro atoms. The summed E-state index contributed by atoms with van der Waals surface area (Å²) in [7, 11) is 0. The summed E-state index contributed by atoms with van der Waals surface area (Å²) < 4.78 is 25.8. The Kier molecular flexibility index (Phi) is 18.5. The zero-order valence-corrected chi connectivity index (χ0v) is 52.5. The van der Waals surface area contributed by atoms with Gasteiger partial charge in [-0.1, -0.05) is 53.1 Å². The van der Waals surface area contributed by atoms with E-state index in [4.69, 9.17) is 42.0 Å². The van der Waals surface area contributed by atoms with E-state index >= 15 is 0 Å². The topological polar surface area (TPSA) is 185 Å². The molecule has 1 aromatic heterocycles. The fraction of sp³-hybridized carbons (Fsp3) is 0.809. The lowest BCUT2D eigenvalue weighted by molar-refractivity contribution is -0.221. The first-order valence-electron chi connectivity index (χ1n) is 32.7. The molecule has 5 N–H and O–H groups in total. The van der Waals surface area contributed by atoms with Crippen LogP contribution in [0, 0.1) is 92.7 Å². The van der Waals surface area contributed by atoms with Crippen LogP contribution in [0.4, 0.5) is 5.69 Å². The number of nitrogens with two attached hydrogens (primary N) is 2. The number of nitrogens with zero attached hydrogens (tertiary/aromatic N) is 2. The summed E-state index contributed by atoms with van der Waals surface area (Å²) in [4.78, 5) is 59.3. The molecule has 22 atom stereocenters. The van der Waals surface area contributed by atoms with Crippen molar-refractivity contribution in [1.29, 1.82) is 0 Å². The first-order chi connectivity index (χ1) is 38.9. The van der Waals surface area contributed by atoms with Gasteiger partial charge in [0.1, 0.15) is 24.4 Å². The maximum Gasteiger partial charge on any atom is 0.302 e. The lowest BCUT2D eigenvalue weighted by Crippen LogP contribution is -2.63. The highest BCUT2D eigenvalue weighted by atomic mass is 35.5. The molecule has 1 aromatic carbocycles. The quantitative estimate of drug-likeness (QED) is 0.0686. The van der Waals surface area contributed by atoms with Gasteiger partial charge in [0.25, 0.3) is 0 Å². The number of fused-ring (bicyclic) bond motifs is 11. The van der Waals surface area contributed by atoms with Crippen molar-refractivity contribution >= 4 is 52.1 Å². The van der Waals surface area contributed by atoms with Crippen molar-refractivity contribution in [3.05, 3.63) is 35.5 Å². The van der Waals surface area contributed by atoms with Crippen LogP contribution in [0.2, 0.25) is 5.02 Å². The molecule has 8 saturated carbocycles. The van der Waals surface area contributed by atoms with Gasteiger partial charge in [-0.3, -0.25) is 24.2 Å². The second-order valence-electron chi connectivity index (χ2n) is 29.5. The number of rotatable bonds is 19. The highest BCUT2D eigenvalue weighted by Crippen LogP contribution is 2.71. The predicted octanol–water partition coefficient (Wildman–Crippen LogP) is 13.0. The first kappa shape index (κ1) is 61.6. The molecule has 82 heavy (non-hydrogen) atoms. The molecule has 0 unspecified atom stereocenters. The lowest BCUT2D eigenvalue weighted by Gasteiger charge is -2.64. The Morgan fingerprint density at radius 3 is 1.55 bits per heavy atom. The molecule has 0 amide bonds. The summed E-state index contributed by atoms with van der Waals surface area (Å²) in [5.41, 5.74) is 14.9. The van der Waals surface area contributed by atoms with Crippen LogP contribution in [0.25, 0.3) is 10.9 Å². The van der Waals surface area contributed by atoms with Crippen LogP contribution in [-0.2, 0) is 38.1 Å². The van der Waals surface area contributed by atoms with Gasteiger partial charge >= 0.3 is 23.9 Å². The van der Waals surface area contributed by atoms with Crippen LogP contribution in [0.15, 0.2) is 30.5 Å². The molecule has 8 aliphatic rings. The Balaban J connectivity index is 0.838. The van der Waals surface area contributed by atoms with Crippen molar-refractivity contribution < 1.29 is 38.1 Å². The summed E-state index contributed by atoms with van der Waals surface area (Å²) in [6, 6.07) is 8.29. The second-order valence-corrected chi connectivity index (χ2v) is 29.9. The minimum atomic E-state index is -0.227. The molecular formula is C68H104ClN5O8. The number of hydrogen-bond acceptors (Lipinski definition) is 13. The van der Waals surface area contributed by atoms with E-state index in [-0.39, 0.29) is 93.9 Å². The second kappa shape index (κ2) is 24.7. The van der Waals surface area contributed by atoms with Gasteiger partial charge in [0.2, 0.25) is 0 Å². The molecule has 13 nitrogen and oxygen atoms in total. The van der Waals surface area contributed by atoms with E-state index in [2.05, 4.69) is 62.8 Å². The number of aromatic nitrogens is 1. The lowest BCUT2D eigenvalue weighted by atomic mass is 9.43. The van der Waals surface area contributed by atoms with E-state index in [1.165, 1.54) is 0 Å². The number of hydrogen-bond donors (Lipinski definition) is 3. The zero-order valence-electron chi connectivity index (χ0n) is 51.7. The van der Waals surface area contributed by atoms with Crippen molar-refractivity contribution in [3.8, 4) is 0 Å². The number of halogens is 1. The molecule has 1 heterocycles. The Morgan fingerprint density at radius 2 is 1.09 bits per heavy atom. The molecule has 10 rings (SSSR count). The van der Waals surface area contributed by atoms with Crippen molar-refractivity contribution in [2.45, 2.75) is 228 Å². The summed E-state index contributed by atoms with van der Waals surface area (Å²) >= 11 is 6.36. The highest BCUT2D eigenvalue weighted by Gasteiger charge is 2.69. The van der Waals surface area contributed by atoms with Gasteiger partial charge in [-0.2, -0.15) is 0 Å².